The maximum Gasteiger partial charge on any atom is 0.316 e. The van der Waals surface area contributed by atoms with Crippen molar-refractivity contribution in [1.82, 2.24) is 0 Å². The first kappa shape index (κ1) is 9.52. The summed E-state index contributed by atoms with van der Waals surface area (Å²) in [7, 11) is -3.97. The Kier molecular flexibility index (Phi) is 3.81. The SMILES string of the molecule is O.O=S(=O)(O)S. The molecule has 0 aliphatic carbocycles. The molecule has 0 heterocycles. The van der Waals surface area contributed by atoms with Crippen LogP contribution in [0.15, 0.2) is 0 Å². The van der Waals surface area contributed by atoms with Gasteiger partial charge in [0, 0.05) is 0 Å². The molecule has 3 N–H and O–H groups in total. The molecule has 0 aromatic heterocycles. The van der Waals surface area contributed by atoms with Gasteiger partial charge in [-0.2, -0.15) is 8.42 Å². The normalized spacial score (nSPS) is 9.67. The van der Waals surface area contributed by atoms with E-state index >= 15 is 0 Å². The highest BCUT2D eigenvalue weighted by Gasteiger charge is 1.83. The quantitative estimate of drug-likeness (QED) is 0.249. The lowest BCUT2D eigenvalue weighted by Gasteiger charge is -1.67. The molecule has 0 aliphatic rings. The topological polar surface area (TPSA) is 85.9 Å². The molecule has 0 spiro atoms. The Hall–Kier alpha value is 0.220. The van der Waals surface area contributed by atoms with E-state index in [4.69, 9.17) is 13.0 Å². The minimum atomic E-state index is -3.97. The Morgan fingerprint density at radius 3 is 1.50 bits per heavy atom. The predicted octanol–water partition coefficient (Wildman–Crippen LogP) is -1.11. The first-order valence-electron chi connectivity index (χ1n) is 0.698. The zero-order chi connectivity index (χ0) is 4.50. The summed E-state index contributed by atoms with van der Waals surface area (Å²) >= 11 is 2.65. The summed E-state index contributed by atoms with van der Waals surface area (Å²) in [5, 5.41) is 0. The molecule has 0 fully saturated rings. The van der Waals surface area contributed by atoms with Crippen molar-refractivity contribution < 1.29 is 18.4 Å². The van der Waals surface area contributed by atoms with Crippen molar-refractivity contribution >= 4 is 20.8 Å². The van der Waals surface area contributed by atoms with E-state index in [1.165, 1.54) is 0 Å². The molecule has 0 radical (unpaired) electrons. The van der Waals surface area contributed by atoms with Gasteiger partial charge >= 0.3 is 9.15 Å². The van der Waals surface area contributed by atoms with Crippen molar-refractivity contribution in [1.29, 1.82) is 0 Å². The number of rotatable bonds is 0. The average molecular weight is 132 g/mol. The van der Waals surface area contributed by atoms with E-state index in [0.717, 1.165) is 0 Å². The Bertz CT molecular complexity index is 88.7. The summed E-state index contributed by atoms with van der Waals surface area (Å²) in [6.07, 6.45) is 0. The lowest BCUT2D eigenvalue weighted by molar-refractivity contribution is 0.503. The summed E-state index contributed by atoms with van der Waals surface area (Å²) in [6, 6.07) is 0. The molecule has 0 aromatic rings. The summed E-state index contributed by atoms with van der Waals surface area (Å²) < 4.78 is 25.5. The van der Waals surface area contributed by atoms with E-state index in [1.807, 2.05) is 0 Å². The Balaban J connectivity index is 0. The maximum absolute atomic E-state index is 9.05. The van der Waals surface area contributed by atoms with Crippen LogP contribution >= 0.6 is 11.7 Å². The second-order valence-corrected chi connectivity index (χ2v) is 2.73. The fraction of sp³-hybridized carbons (Fsp3) is 0. The smallest absolute Gasteiger partial charge is 0.316 e. The van der Waals surface area contributed by atoms with Crippen molar-refractivity contribution in [2.75, 3.05) is 0 Å². The molecule has 0 amide bonds. The van der Waals surface area contributed by atoms with Crippen LogP contribution in [-0.2, 0) is 9.15 Å². The molecular formula is H4O4S2. The number of hydrogen-bond acceptors (Lipinski definition) is 2. The van der Waals surface area contributed by atoms with Gasteiger partial charge in [-0.1, -0.05) is 0 Å². The number of thiol groups is 1. The zero-order valence-corrected chi connectivity index (χ0v) is 4.33. The molecule has 6 heavy (non-hydrogen) atoms. The van der Waals surface area contributed by atoms with Crippen molar-refractivity contribution in [2.24, 2.45) is 0 Å². The molecule has 0 unspecified atom stereocenters. The molecule has 6 heteroatoms. The van der Waals surface area contributed by atoms with E-state index < -0.39 is 9.15 Å². The third-order valence-corrected chi connectivity index (χ3v) is 0. The summed E-state index contributed by atoms with van der Waals surface area (Å²) in [5.41, 5.74) is 0. The van der Waals surface area contributed by atoms with E-state index in [-0.39, 0.29) is 5.48 Å². The van der Waals surface area contributed by atoms with Gasteiger partial charge in [0.1, 0.15) is 0 Å². The third-order valence-electron chi connectivity index (χ3n) is 0. The Morgan fingerprint density at radius 2 is 1.50 bits per heavy atom. The molecule has 0 bridgehead atoms. The van der Waals surface area contributed by atoms with Crippen LogP contribution in [0.25, 0.3) is 0 Å². The van der Waals surface area contributed by atoms with Crippen LogP contribution in [0.3, 0.4) is 0 Å². The van der Waals surface area contributed by atoms with Crippen molar-refractivity contribution in [2.45, 2.75) is 0 Å². The van der Waals surface area contributed by atoms with E-state index in [0.29, 0.717) is 0 Å². The van der Waals surface area contributed by atoms with Crippen LogP contribution in [0, 0.1) is 0 Å². The minimum Gasteiger partial charge on any atom is -0.412 e. The molecule has 0 aromatic carbocycles. The van der Waals surface area contributed by atoms with Crippen LogP contribution in [0.5, 0.6) is 0 Å². The Morgan fingerprint density at radius 1 is 1.50 bits per heavy atom. The second kappa shape index (κ2) is 2.40. The molecule has 0 atom stereocenters. The highest BCUT2D eigenvalue weighted by atomic mass is 33.1. The zero-order valence-electron chi connectivity index (χ0n) is 2.62. The first-order valence-corrected chi connectivity index (χ1v) is 3.19. The van der Waals surface area contributed by atoms with Gasteiger partial charge in [-0.3, -0.25) is 4.55 Å². The van der Waals surface area contributed by atoms with Crippen molar-refractivity contribution in [3.63, 3.8) is 0 Å². The van der Waals surface area contributed by atoms with Crippen LogP contribution in [0.4, 0.5) is 0 Å². The molecule has 0 aliphatic heterocycles. The highest BCUT2D eigenvalue weighted by Crippen LogP contribution is 1.81. The van der Waals surface area contributed by atoms with Gasteiger partial charge in [-0.15, -0.1) is 0 Å². The third kappa shape index (κ3) is 904. The highest BCUT2D eigenvalue weighted by molar-refractivity contribution is 8.61. The van der Waals surface area contributed by atoms with Crippen LogP contribution in [0.1, 0.15) is 0 Å². The van der Waals surface area contributed by atoms with Gasteiger partial charge in [0.25, 0.3) is 0 Å². The first-order chi connectivity index (χ1) is 2.00. The molecule has 0 saturated carbocycles. The fourth-order valence-electron chi connectivity index (χ4n) is 0. The maximum atomic E-state index is 9.05. The van der Waals surface area contributed by atoms with E-state index in [2.05, 4.69) is 11.7 Å². The Labute approximate surface area is 40.0 Å². The molecule has 40 valence electrons. The summed E-state index contributed by atoms with van der Waals surface area (Å²) in [6.45, 7) is 0. The number of hydrogen-bond donors (Lipinski definition) is 2. The molecular weight excluding hydrogens is 128 g/mol. The lowest BCUT2D eigenvalue weighted by atomic mass is 15.9. The van der Waals surface area contributed by atoms with Crippen molar-refractivity contribution in [3.05, 3.63) is 0 Å². The fourth-order valence-corrected chi connectivity index (χ4v) is 0. The van der Waals surface area contributed by atoms with Crippen LogP contribution in [-0.4, -0.2) is 18.4 Å². The molecule has 0 rings (SSSR count). The minimum absolute atomic E-state index is 0. The van der Waals surface area contributed by atoms with Gasteiger partial charge in [0.15, 0.2) is 0 Å². The largest absolute Gasteiger partial charge is 0.412 e. The van der Waals surface area contributed by atoms with E-state index in [9.17, 15) is 0 Å². The van der Waals surface area contributed by atoms with Crippen LogP contribution < -0.4 is 0 Å². The monoisotopic (exact) mass is 132 g/mol. The van der Waals surface area contributed by atoms with Gasteiger partial charge < -0.3 is 5.48 Å². The van der Waals surface area contributed by atoms with Gasteiger partial charge in [-0.25, -0.2) is 0 Å². The van der Waals surface area contributed by atoms with Crippen molar-refractivity contribution in [3.8, 4) is 0 Å². The summed E-state index contributed by atoms with van der Waals surface area (Å²) in [5.74, 6) is 0. The molecule has 4 nitrogen and oxygen atoms in total. The average Bonchev–Trinajstić information content (AvgIpc) is 0.722. The molecule has 0 saturated heterocycles. The summed E-state index contributed by atoms with van der Waals surface area (Å²) in [4.78, 5) is 0. The van der Waals surface area contributed by atoms with E-state index in [1.54, 1.807) is 0 Å². The standard InChI is InChI=1S/H2O3S2.H2O/c1-5(2,3)4;/h(H2,1,2,3,4);1H2. The van der Waals surface area contributed by atoms with Gasteiger partial charge in [-0.05, 0) is 11.7 Å². The lowest BCUT2D eigenvalue weighted by Crippen LogP contribution is -1.78. The van der Waals surface area contributed by atoms with Crippen LogP contribution in [0.2, 0.25) is 0 Å². The second-order valence-electron chi connectivity index (χ2n) is 0.448. The van der Waals surface area contributed by atoms with Gasteiger partial charge in [0.05, 0.1) is 0 Å². The van der Waals surface area contributed by atoms with Gasteiger partial charge in [0.2, 0.25) is 0 Å². The predicted molar refractivity (Wildman–Crippen MR) is 24.1 cm³/mol.